The number of phenols is 2. The lowest BCUT2D eigenvalue weighted by atomic mass is 9.79. The van der Waals surface area contributed by atoms with Gasteiger partial charge >= 0.3 is 0 Å². The van der Waals surface area contributed by atoms with E-state index in [4.69, 9.17) is 0 Å². The molecule has 0 saturated heterocycles. The Hall–Kier alpha value is -1.96. The van der Waals surface area contributed by atoms with Crippen LogP contribution in [-0.4, -0.2) is 10.2 Å². The van der Waals surface area contributed by atoms with Crippen LogP contribution in [0, 0.1) is 19.8 Å². The van der Waals surface area contributed by atoms with Gasteiger partial charge in [-0.25, -0.2) is 0 Å². The van der Waals surface area contributed by atoms with Crippen molar-refractivity contribution in [1.82, 2.24) is 0 Å². The molecule has 0 aliphatic carbocycles. The van der Waals surface area contributed by atoms with Gasteiger partial charge in [-0.1, -0.05) is 38.1 Å². The highest BCUT2D eigenvalue weighted by Crippen LogP contribution is 2.39. The number of hydrogen-bond donors (Lipinski definition) is 2. The Balaban J connectivity index is 2.63. The fraction of sp³-hybridized carbons (Fsp3) is 0.333. The van der Waals surface area contributed by atoms with Gasteiger partial charge in [-0.05, 0) is 54.2 Å². The van der Waals surface area contributed by atoms with Gasteiger partial charge in [0, 0.05) is 5.92 Å². The predicted molar refractivity (Wildman–Crippen MR) is 82.4 cm³/mol. The van der Waals surface area contributed by atoms with Crippen LogP contribution in [0.25, 0.3) is 0 Å². The maximum Gasteiger partial charge on any atom is 0.118 e. The van der Waals surface area contributed by atoms with Crippen molar-refractivity contribution in [3.05, 3.63) is 58.7 Å². The van der Waals surface area contributed by atoms with Gasteiger partial charge < -0.3 is 10.2 Å². The topological polar surface area (TPSA) is 40.5 Å². The first-order chi connectivity index (χ1) is 9.43. The van der Waals surface area contributed by atoms with Gasteiger partial charge in [0.25, 0.3) is 0 Å². The van der Waals surface area contributed by atoms with Crippen molar-refractivity contribution in [2.24, 2.45) is 5.92 Å². The summed E-state index contributed by atoms with van der Waals surface area (Å²) in [5, 5.41) is 19.9. The number of rotatable bonds is 3. The Morgan fingerprint density at radius 2 is 1.15 bits per heavy atom. The minimum absolute atomic E-state index is 0.161. The summed E-state index contributed by atoms with van der Waals surface area (Å²) in [6, 6.07) is 11.3. The van der Waals surface area contributed by atoms with Gasteiger partial charge in [-0.15, -0.1) is 0 Å². The SMILES string of the molecule is Cc1c(O)cccc1C(c1cccc(O)c1C)C(C)C. The standard InChI is InChI=1S/C18H22O2/c1-11(2)18(14-7-5-9-16(19)12(14)3)15-8-6-10-17(20)13(15)4/h5-11,18-20H,1-4H3. The first kappa shape index (κ1) is 14.4. The molecule has 0 bridgehead atoms. The Morgan fingerprint density at radius 1 is 0.750 bits per heavy atom. The molecule has 0 aliphatic heterocycles. The van der Waals surface area contributed by atoms with E-state index >= 15 is 0 Å². The van der Waals surface area contributed by atoms with Gasteiger partial charge in [-0.3, -0.25) is 0 Å². The molecular formula is C18H22O2. The molecule has 2 N–H and O–H groups in total. The molecule has 0 fully saturated rings. The molecule has 106 valence electrons. The van der Waals surface area contributed by atoms with Gasteiger partial charge in [0.2, 0.25) is 0 Å². The fourth-order valence-corrected chi connectivity index (χ4v) is 2.84. The lowest BCUT2D eigenvalue weighted by Gasteiger charge is -2.26. The second kappa shape index (κ2) is 5.58. The summed E-state index contributed by atoms with van der Waals surface area (Å²) in [4.78, 5) is 0. The van der Waals surface area contributed by atoms with E-state index in [1.807, 2.05) is 26.0 Å². The molecule has 2 heteroatoms. The molecular weight excluding hydrogens is 248 g/mol. The highest BCUT2D eigenvalue weighted by atomic mass is 16.3. The minimum Gasteiger partial charge on any atom is -0.508 e. The third kappa shape index (κ3) is 2.51. The van der Waals surface area contributed by atoms with Crippen molar-refractivity contribution in [1.29, 1.82) is 0 Å². The summed E-state index contributed by atoms with van der Waals surface area (Å²) in [5.41, 5.74) is 4.06. The predicted octanol–water partition coefficient (Wildman–Crippen LogP) is 4.50. The van der Waals surface area contributed by atoms with Crippen LogP contribution in [0.15, 0.2) is 36.4 Å². The summed E-state index contributed by atoms with van der Waals surface area (Å²) in [6.07, 6.45) is 0. The van der Waals surface area contributed by atoms with Crippen LogP contribution in [0.1, 0.15) is 42.0 Å². The molecule has 0 radical (unpaired) electrons. The van der Waals surface area contributed by atoms with E-state index in [1.165, 1.54) is 0 Å². The largest absolute Gasteiger partial charge is 0.508 e. The highest BCUT2D eigenvalue weighted by molar-refractivity contribution is 5.48. The fourth-order valence-electron chi connectivity index (χ4n) is 2.84. The van der Waals surface area contributed by atoms with E-state index in [1.54, 1.807) is 12.1 Å². The summed E-state index contributed by atoms with van der Waals surface area (Å²) in [6.45, 7) is 8.21. The first-order valence-corrected chi connectivity index (χ1v) is 7.00. The summed E-state index contributed by atoms with van der Waals surface area (Å²) < 4.78 is 0. The molecule has 0 spiro atoms. The van der Waals surface area contributed by atoms with Crippen molar-refractivity contribution in [2.75, 3.05) is 0 Å². The van der Waals surface area contributed by atoms with Crippen molar-refractivity contribution < 1.29 is 10.2 Å². The van der Waals surface area contributed by atoms with Crippen molar-refractivity contribution in [3.8, 4) is 11.5 Å². The van der Waals surface area contributed by atoms with Crippen molar-refractivity contribution in [2.45, 2.75) is 33.6 Å². The number of benzene rings is 2. The van der Waals surface area contributed by atoms with Gasteiger partial charge in [0.1, 0.15) is 11.5 Å². The second-order valence-electron chi connectivity index (χ2n) is 5.70. The average molecular weight is 270 g/mol. The second-order valence-corrected chi connectivity index (χ2v) is 5.70. The third-order valence-electron chi connectivity index (χ3n) is 4.03. The van der Waals surface area contributed by atoms with Crippen LogP contribution >= 0.6 is 0 Å². The maximum atomic E-state index is 9.95. The first-order valence-electron chi connectivity index (χ1n) is 7.00. The number of aromatic hydroxyl groups is 2. The lowest BCUT2D eigenvalue weighted by Crippen LogP contribution is -2.11. The molecule has 2 aromatic rings. The van der Waals surface area contributed by atoms with Crippen LogP contribution in [0.3, 0.4) is 0 Å². The summed E-state index contributed by atoms with van der Waals surface area (Å²) >= 11 is 0. The zero-order chi connectivity index (χ0) is 14.9. The van der Waals surface area contributed by atoms with Crippen LogP contribution < -0.4 is 0 Å². The molecule has 0 atom stereocenters. The number of hydrogen-bond acceptors (Lipinski definition) is 2. The summed E-state index contributed by atoms with van der Waals surface area (Å²) in [7, 11) is 0. The normalized spacial score (nSPS) is 11.3. The van der Waals surface area contributed by atoms with Gasteiger partial charge in [-0.2, -0.15) is 0 Å². The Bertz CT molecular complexity index is 563. The molecule has 0 aliphatic rings. The molecule has 0 aromatic heterocycles. The van der Waals surface area contributed by atoms with Crippen molar-refractivity contribution in [3.63, 3.8) is 0 Å². The van der Waals surface area contributed by atoms with E-state index in [2.05, 4.69) is 26.0 Å². The highest BCUT2D eigenvalue weighted by Gasteiger charge is 2.23. The van der Waals surface area contributed by atoms with Gasteiger partial charge in [0.15, 0.2) is 0 Å². The van der Waals surface area contributed by atoms with E-state index in [9.17, 15) is 10.2 Å². The molecule has 0 saturated carbocycles. The monoisotopic (exact) mass is 270 g/mol. The van der Waals surface area contributed by atoms with Crippen LogP contribution in [-0.2, 0) is 0 Å². The smallest absolute Gasteiger partial charge is 0.118 e. The van der Waals surface area contributed by atoms with E-state index in [0.29, 0.717) is 17.4 Å². The molecule has 2 rings (SSSR count). The van der Waals surface area contributed by atoms with Crippen LogP contribution in [0.5, 0.6) is 11.5 Å². The summed E-state index contributed by atoms with van der Waals surface area (Å²) in [5.74, 6) is 1.18. The van der Waals surface area contributed by atoms with Crippen LogP contribution in [0.2, 0.25) is 0 Å². The molecule has 2 nitrogen and oxygen atoms in total. The average Bonchev–Trinajstić information content (AvgIpc) is 2.39. The zero-order valence-corrected chi connectivity index (χ0v) is 12.5. The molecule has 0 unspecified atom stereocenters. The zero-order valence-electron chi connectivity index (χ0n) is 12.5. The Morgan fingerprint density at radius 3 is 1.50 bits per heavy atom. The quantitative estimate of drug-likeness (QED) is 0.862. The van der Waals surface area contributed by atoms with E-state index in [0.717, 1.165) is 22.3 Å². The van der Waals surface area contributed by atoms with Crippen molar-refractivity contribution >= 4 is 0 Å². The minimum atomic E-state index is 0.161. The Labute approximate surface area is 120 Å². The molecule has 0 heterocycles. The molecule has 20 heavy (non-hydrogen) atoms. The maximum absolute atomic E-state index is 9.95. The lowest BCUT2D eigenvalue weighted by molar-refractivity contribution is 0.463. The van der Waals surface area contributed by atoms with Gasteiger partial charge in [0.05, 0.1) is 0 Å². The number of phenolic OH excluding ortho intramolecular Hbond substituents is 2. The van der Waals surface area contributed by atoms with E-state index < -0.39 is 0 Å². The van der Waals surface area contributed by atoms with E-state index in [-0.39, 0.29) is 5.92 Å². The molecule has 2 aromatic carbocycles. The van der Waals surface area contributed by atoms with Crippen LogP contribution in [0.4, 0.5) is 0 Å². The molecule has 0 amide bonds. The Kier molecular flexibility index (Phi) is 4.03. The third-order valence-corrected chi connectivity index (χ3v) is 4.03.